The average Bonchev–Trinajstić information content (AvgIpc) is 2.86. The molecule has 15 nitrogen and oxygen atoms in total. The van der Waals surface area contributed by atoms with Crippen LogP contribution in [-0.4, -0.2) is 155 Å². The number of amides is 4. The van der Waals surface area contributed by atoms with Gasteiger partial charge in [0.05, 0.1) is 32.8 Å². The molecule has 0 heterocycles. The van der Waals surface area contributed by atoms with Gasteiger partial charge in [-0.3, -0.25) is 14.4 Å². The van der Waals surface area contributed by atoms with Gasteiger partial charge in [0, 0.05) is 54.6 Å². The lowest BCUT2D eigenvalue weighted by Crippen LogP contribution is -2.52. The Morgan fingerprint density at radius 1 is 0.675 bits per heavy atom. The molecule has 0 bridgehead atoms. The quantitative estimate of drug-likeness (QED) is 0.189. The molecule has 232 valence electrons. The Balaban J connectivity index is 5.95. The Hall–Kier alpha value is -3.01. The lowest BCUT2D eigenvalue weighted by atomic mass is 10.1. The van der Waals surface area contributed by atoms with Crippen LogP contribution in [0.25, 0.3) is 0 Å². The molecule has 0 radical (unpaired) electrons. The summed E-state index contributed by atoms with van der Waals surface area (Å²) >= 11 is 0. The predicted molar refractivity (Wildman–Crippen MR) is 143 cm³/mol. The Kier molecular flexibility index (Phi) is 18.5. The van der Waals surface area contributed by atoms with E-state index in [9.17, 15) is 29.1 Å². The van der Waals surface area contributed by atoms with Crippen molar-refractivity contribution in [3.63, 3.8) is 0 Å². The molecule has 40 heavy (non-hydrogen) atoms. The maximum atomic E-state index is 13.3. The van der Waals surface area contributed by atoms with Crippen LogP contribution in [0.15, 0.2) is 0 Å². The first-order chi connectivity index (χ1) is 18.8. The van der Waals surface area contributed by atoms with Gasteiger partial charge in [-0.1, -0.05) is 0 Å². The first kappa shape index (κ1) is 37.0. The average molecular weight is 579 g/mol. The molecule has 2 N–H and O–H groups in total. The van der Waals surface area contributed by atoms with E-state index >= 15 is 0 Å². The minimum absolute atomic E-state index is 0.209. The Labute approximate surface area is 235 Å². The highest BCUT2D eigenvalue weighted by Crippen LogP contribution is 2.09. The number of rotatable bonds is 20. The fourth-order valence-electron chi connectivity index (χ4n) is 3.24. The molecule has 0 aromatic rings. The number of carbonyl (C=O) groups excluding carboxylic acids is 4. The van der Waals surface area contributed by atoms with Crippen LogP contribution in [0.5, 0.6) is 0 Å². The maximum Gasteiger partial charge on any atom is 0.408 e. The van der Waals surface area contributed by atoms with Crippen LogP contribution >= 0.6 is 0 Å². The summed E-state index contributed by atoms with van der Waals surface area (Å²) in [6, 6.07) is -1.66. The highest BCUT2D eigenvalue weighted by molar-refractivity contribution is 5.92. The highest BCUT2D eigenvalue weighted by Gasteiger charge is 2.31. The van der Waals surface area contributed by atoms with Crippen LogP contribution < -0.4 is 5.32 Å². The molecular formula is C25H46N4O11. The Bertz CT molecular complexity index is 754. The van der Waals surface area contributed by atoms with E-state index in [1.807, 2.05) is 0 Å². The molecule has 0 aliphatic heterocycles. The molecule has 0 fully saturated rings. The van der Waals surface area contributed by atoms with E-state index < -0.39 is 60.9 Å². The lowest BCUT2D eigenvalue weighted by Gasteiger charge is -2.30. The third-order valence-corrected chi connectivity index (χ3v) is 5.34. The van der Waals surface area contributed by atoms with Gasteiger partial charge in [-0.05, 0) is 20.8 Å². The molecule has 4 amide bonds. The van der Waals surface area contributed by atoms with E-state index in [4.69, 9.17) is 23.7 Å². The van der Waals surface area contributed by atoms with Crippen molar-refractivity contribution in [1.29, 1.82) is 0 Å². The number of nitrogens with zero attached hydrogens (tertiary/aromatic N) is 3. The van der Waals surface area contributed by atoms with Crippen molar-refractivity contribution in [2.24, 2.45) is 0 Å². The van der Waals surface area contributed by atoms with Crippen molar-refractivity contribution < 1.29 is 52.8 Å². The van der Waals surface area contributed by atoms with E-state index in [1.165, 1.54) is 38.2 Å². The van der Waals surface area contributed by atoms with Crippen molar-refractivity contribution in [2.75, 3.05) is 94.1 Å². The van der Waals surface area contributed by atoms with Crippen molar-refractivity contribution in [3.8, 4) is 0 Å². The van der Waals surface area contributed by atoms with Crippen LogP contribution in [0.4, 0.5) is 4.79 Å². The molecular weight excluding hydrogens is 532 g/mol. The third kappa shape index (κ3) is 16.2. The summed E-state index contributed by atoms with van der Waals surface area (Å²) in [6.07, 6.45) is -1.75. The van der Waals surface area contributed by atoms with Gasteiger partial charge in [-0.15, -0.1) is 0 Å². The molecule has 1 atom stereocenters. The Morgan fingerprint density at radius 2 is 1.05 bits per heavy atom. The molecule has 0 aromatic heterocycles. The van der Waals surface area contributed by atoms with Crippen LogP contribution in [0.3, 0.4) is 0 Å². The molecule has 15 heteroatoms. The number of alkyl carbamates (subject to hydrolysis) is 1. The molecule has 0 aliphatic carbocycles. The summed E-state index contributed by atoms with van der Waals surface area (Å²) in [6.45, 7) is 5.52. The second kappa shape index (κ2) is 20.0. The van der Waals surface area contributed by atoms with Crippen molar-refractivity contribution in [3.05, 3.63) is 0 Å². The standard InChI is InChI=1S/C25H46N4O11/c1-25(2,3)40-24(35)26-19(23(33)34)16-20(30)29(17-21(31)27(8-12-36-4)9-13-37-5)18-22(32)28(10-14-38-6)11-15-39-7/h19H,8-18H2,1-7H3,(H,26,35)(H,33,34)/t19-/m0/s1. The van der Waals surface area contributed by atoms with Gasteiger partial charge in [0.2, 0.25) is 17.7 Å². The summed E-state index contributed by atoms with van der Waals surface area (Å²) in [5, 5.41) is 11.8. The van der Waals surface area contributed by atoms with Crippen molar-refractivity contribution >= 4 is 29.8 Å². The second-order valence-electron chi connectivity index (χ2n) is 9.72. The van der Waals surface area contributed by atoms with E-state index in [2.05, 4.69) is 5.32 Å². The van der Waals surface area contributed by atoms with E-state index in [0.29, 0.717) is 0 Å². The van der Waals surface area contributed by atoms with E-state index in [0.717, 1.165) is 4.90 Å². The smallest absolute Gasteiger partial charge is 0.408 e. The van der Waals surface area contributed by atoms with E-state index in [1.54, 1.807) is 20.8 Å². The first-order valence-electron chi connectivity index (χ1n) is 12.8. The van der Waals surface area contributed by atoms with Crippen LogP contribution in [0.1, 0.15) is 27.2 Å². The third-order valence-electron chi connectivity index (χ3n) is 5.34. The minimum Gasteiger partial charge on any atom is -0.480 e. The van der Waals surface area contributed by atoms with Gasteiger partial charge in [0.25, 0.3) is 0 Å². The summed E-state index contributed by atoms with van der Waals surface area (Å²) < 4.78 is 25.3. The summed E-state index contributed by atoms with van der Waals surface area (Å²) in [7, 11) is 5.91. The number of hydrogen-bond acceptors (Lipinski definition) is 10. The summed E-state index contributed by atoms with van der Waals surface area (Å²) in [4.78, 5) is 67.5. The number of aliphatic carboxylic acids is 1. The van der Waals surface area contributed by atoms with Crippen molar-refractivity contribution in [2.45, 2.75) is 38.8 Å². The van der Waals surface area contributed by atoms with Crippen LogP contribution in [0, 0.1) is 0 Å². The van der Waals surface area contributed by atoms with Gasteiger partial charge in [0.15, 0.2) is 0 Å². The molecule has 0 unspecified atom stereocenters. The monoisotopic (exact) mass is 578 g/mol. The number of carbonyl (C=O) groups is 5. The van der Waals surface area contributed by atoms with Gasteiger partial charge >= 0.3 is 12.1 Å². The predicted octanol–water partition coefficient (Wildman–Crippen LogP) is -0.574. The number of hydrogen-bond donors (Lipinski definition) is 2. The molecule has 0 rings (SSSR count). The van der Waals surface area contributed by atoms with Gasteiger partial charge in [-0.25, -0.2) is 9.59 Å². The van der Waals surface area contributed by atoms with Crippen LogP contribution in [0.2, 0.25) is 0 Å². The number of carboxylic acid groups (broad SMARTS) is 1. The molecule has 0 aliphatic rings. The largest absolute Gasteiger partial charge is 0.480 e. The van der Waals surface area contributed by atoms with Crippen LogP contribution in [-0.2, 0) is 42.9 Å². The second-order valence-corrected chi connectivity index (χ2v) is 9.72. The highest BCUT2D eigenvalue weighted by atomic mass is 16.6. The normalized spacial score (nSPS) is 11.9. The zero-order valence-electron chi connectivity index (χ0n) is 24.7. The summed E-state index contributed by atoms with van der Waals surface area (Å²) in [5.41, 5.74) is -0.899. The molecule has 0 spiro atoms. The van der Waals surface area contributed by atoms with Gasteiger partial charge in [0.1, 0.15) is 24.7 Å². The fourth-order valence-corrected chi connectivity index (χ4v) is 3.24. The Morgan fingerprint density at radius 3 is 1.35 bits per heavy atom. The fraction of sp³-hybridized carbons (Fsp3) is 0.800. The lowest BCUT2D eigenvalue weighted by molar-refractivity contribution is -0.148. The number of carboxylic acids is 1. The molecule has 0 saturated heterocycles. The first-order valence-corrected chi connectivity index (χ1v) is 12.8. The maximum absolute atomic E-state index is 13.3. The number of methoxy groups -OCH3 is 4. The molecule has 0 saturated carbocycles. The van der Waals surface area contributed by atoms with Gasteiger partial charge in [-0.2, -0.15) is 0 Å². The number of ether oxygens (including phenoxy) is 5. The topological polar surface area (TPSA) is 173 Å². The zero-order chi connectivity index (χ0) is 30.7. The molecule has 0 aromatic carbocycles. The van der Waals surface area contributed by atoms with Gasteiger partial charge < -0.3 is 48.8 Å². The van der Waals surface area contributed by atoms with E-state index in [-0.39, 0.29) is 52.6 Å². The van der Waals surface area contributed by atoms with Crippen molar-refractivity contribution in [1.82, 2.24) is 20.0 Å². The SMILES string of the molecule is COCCN(CCOC)C(=O)CN(CC(=O)N(CCOC)CCOC)C(=O)C[C@H](NC(=O)OC(C)(C)C)C(=O)O. The number of nitrogens with one attached hydrogen (secondary N) is 1. The zero-order valence-corrected chi connectivity index (χ0v) is 24.7. The summed E-state index contributed by atoms with van der Waals surface area (Å²) in [5.74, 6) is -3.31. The minimum atomic E-state index is -1.66.